The Hall–Kier alpha value is -4.23. The number of ether oxygens (including phenoxy) is 2. The number of nitrogens with one attached hydrogen (secondary N) is 1. The number of aromatic nitrogens is 1. The zero-order valence-electron chi connectivity index (χ0n) is 15.2. The summed E-state index contributed by atoms with van der Waals surface area (Å²) in [5.74, 6) is 1.02. The summed E-state index contributed by atoms with van der Waals surface area (Å²) in [6.07, 6.45) is 0. The van der Waals surface area contributed by atoms with Gasteiger partial charge in [-0.25, -0.2) is 0 Å². The van der Waals surface area contributed by atoms with Crippen LogP contribution in [0, 0.1) is 22.7 Å². The Labute approximate surface area is 161 Å². The van der Waals surface area contributed by atoms with Gasteiger partial charge in [0, 0.05) is 5.56 Å². The number of nitrogens with two attached hydrogens (primary N) is 1. The molecule has 3 N–H and O–H groups in total. The summed E-state index contributed by atoms with van der Waals surface area (Å²) in [5, 5.41) is 19.1. The highest BCUT2D eigenvalue weighted by atomic mass is 16.5. The lowest BCUT2D eigenvalue weighted by atomic mass is 9.90. The number of H-pyrrole nitrogens is 1. The van der Waals surface area contributed by atoms with Crippen molar-refractivity contribution in [3.05, 3.63) is 63.9 Å². The minimum absolute atomic E-state index is 0.0454. The monoisotopic (exact) mass is 372 g/mol. The van der Waals surface area contributed by atoms with Gasteiger partial charge in [0.25, 0.3) is 5.56 Å². The van der Waals surface area contributed by atoms with E-state index in [9.17, 15) is 15.3 Å². The maximum Gasteiger partial charge on any atom is 0.268 e. The zero-order chi connectivity index (χ0) is 20.3. The molecule has 0 radical (unpaired) electrons. The average Bonchev–Trinajstić information content (AvgIpc) is 2.72. The summed E-state index contributed by atoms with van der Waals surface area (Å²) in [6, 6.07) is 16.4. The lowest BCUT2D eigenvalue weighted by molar-refractivity contribution is 0.355. The molecule has 0 bridgehead atoms. The number of benzene rings is 2. The van der Waals surface area contributed by atoms with Crippen LogP contribution in [0.15, 0.2) is 47.3 Å². The smallest absolute Gasteiger partial charge is 0.268 e. The van der Waals surface area contributed by atoms with E-state index in [1.54, 1.807) is 31.4 Å². The summed E-state index contributed by atoms with van der Waals surface area (Å²) in [4.78, 5) is 14.6. The van der Waals surface area contributed by atoms with Crippen LogP contribution in [0.4, 0.5) is 5.82 Å². The van der Waals surface area contributed by atoms with Gasteiger partial charge in [0.2, 0.25) is 0 Å². The molecule has 3 rings (SSSR count). The van der Waals surface area contributed by atoms with Crippen molar-refractivity contribution in [2.75, 3.05) is 20.0 Å². The van der Waals surface area contributed by atoms with Gasteiger partial charge in [-0.1, -0.05) is 30.3 Å². The molecule has 0 fully saturated rings. The molecular formula is C21H16N4O3. The molecule has 1 aromatic heterocycles. The third-order valence-corrected chi connectivity index (χ3v) is 4.36. The summed E-state index contributed by atoms with van der Waals surface area (Å²) >= 11 is 0. The van der Waals surface area contributed by atoms with E-state index in [-0.39, 0.29) is 22.5 Å². The molecule has 28 heavy (non-hydrogen) atoms. The maximum atomic E-state index is 12.3. The third kappa shape index (κ3) is 3.02. The molecule has 7 heteroatoms. The third-order valence-electron chi connectivity index (χ3n) is 4.36. The Morgan fingerprint density at radius 2 is 1.57 bits per heavy atom. The van der Waals surface area contributed by atoms with Gasteiger partial charge in [-0.05, 0) is 28.8 Å². The molecule has 7 nitrogen and oxygen atoms in total. The van der Waals surface area contributed by atoms with Gasteiger partial charge in [0.1, 0.15) is 29.1 Å². The van der Waals surface area contributed by atoms with Crippen molar-refractivity contribution in [3.8, 4) is 45.9 Å². The van der Waals surface area contributed by atoms with Gasteiger partial charge < -0.3 is 20.2 Å². The highest BCUT2D eigenvalue weighted by Crippen LogP contribution is 2.39. The van der Waals surface area contributed by atoms with E-state index in [0.29, 0.717) is 22.6 Å². The predicted octanol–water partition coefficient (Wildman–Crippen LogP) is 3.05. The van der Waals surface area contributed by atoms with Gasteiger partial charge in [0.15, 0.2) is 11.5 Å². The number of anilines is 1. The maximum absolute atomic E-state index is 12.3. The van der Waals surface area contributed by atoms with Crippen LogP contribution in [0.2, 0.25) is 0 Å². The van der Waals surface area contributed by atoms with Crippen LogP contribution in [-0.4, -0.2) is 19.2 Å². The molecule has 0 aliphatic carbocycles. The molecule has 0 aliphatic heterocycles. The second-order valence-corrected chi connectivity index (χ2v) is 5.83. The van der Waals surface area contributed by atoms with Gasteiger partial charge >= 0.3 is 0 Å². The molecular weight excluding hydrogens is 356 g/mol. The second kappa shape index (κ2) is 7.56. The first-order valence-electron chi connectivity index (χ1n) is 8.23. The number of nitrogens with zero attached hydrogens (tertiary/aromatic N) is 2. The molecule has 0 saturated heterocycles. The van der Waals surface area contributed by atoms with Gasteiger partial charge in [-0.3, -0.25) is 4.79 Å². The number of pyridine rings is 1. The van der Waals surface area contributed by atoms with Crippen molar-refractivity contribution in [2.45, 2.75) is 0 Å². The van der Waals surface area contributed by atoms with Crippen LogP contribution in [0.5, 0.6) is 11.5 Å². The van der Waals surface area contributed by atoms with Crippen molar-refractivity contribution in [2.24, 2.45) is 0 Å². The second-order valence-electron chi connectivity index (χ2n) is 5.83. The number of rotatable bonds is 4. The summed E-state index contributed by atoms with van der Waals surface area (Å²) in [6.45, 7) is 0. The van der Waals surface area contributed by atoms with Crippen molar-refractivity contribution in [3.63, 3.8) is 0 Å². The molecule has 0 atom stereocenters. The van der Waals surface area contributed by atoms with E-state index in [1.807, 2.05) is 30.3 Å². The van der Waals surface area contributed by atoms with E-state index >= 15 is 0 Å². The topological polar surface area (TPSA) is 125 Å². The van der Waals surface area contributed by atoms with E-state index < -0.39 is 5.56 Å². The van der Waals surface area contributed by atoms with Crippen molar-refractivity contribution < 1.29 is 9.47 Å². The van der Waals surface area contributed by atoms with Crippen molar-refractivity contribution in [1.82, 2.24) is 4.98 Å². The van der Waals surface area contributed by atoms with Crippen LogP contribution in [0.3, 0.4) is 0 Å². The first-order valence-corrected chi connectivity index (χ1v) is 8.23. The van der Waals surface area contributed by atoms with E-state index in [2.05, 4.69) is 4.98 Å². The van der Waals surface area contributed by atoms with Crippen molar-refractivity contribution in [1.29, 1.82) is 10.5 Å². The fourth-order valence-electron chi connectivity index (χ4n) is 3.07. The van der Waals surface area contributed by atoms with E-state index in [1.165, 1.54) is 7.11 Å². The predicted molar refractivity (Wildman–Crippen MR) is 105 cm³/mol. The van der Waals surface area contributed by atoms with Crippen LogP contribution < -0.4 is 20.8 Å². The molecule has 0 saturated carbocycles. The lowest BCUT2D eigenvalue weighted by Gasteiger charge is -2.15. The van der Waals surface area contributed by atoms with E-state index in [4.69, 9.17) is 15.2 Å². The van der Waals surface area contributed by atoms with Crippen LogP contribution in [0.25, 0.3) is 22.3 Å². The van der Waals surface area contributed by atoms with E-state index in [0.717, 1.165) is 5.56 Å². The summed E-state index contributed by atoms with van der Waals surface area (Å²) < 4.78 is 10.6. The first-order chi connectivity index (χ1) is 13.5. The number of nitrogen functional groups attached to an aromatic ring is 1. The first kappa shape index (κ1) is 18.6. The number of hydrogen-bond acceptors (Lipinski definition) is 6. The number of methoxy groups -OCH3 is 2. The minimum Gasteiger partial charge on any atom is -0.493 e. The molecule has 3 aromatic rings. The molecule has 0 amide bonds. The Bertz CT molecular complexity index is 1200. The molecule has 138 valence electrons. The standard InChI is InChI=1S/C21H16N4O3/c1-27-17-8-7-12(9-18(17)28-2)13-5-3-4-6-14(13)19-15(10-22)20(24)25-21(26)16(19)11-23/h3-9H,1-2H3,(H3,24,25,26). The Morgan fingerprint density at radius 3 is 2.18 bits per heavy atom. The highest BCUT2D eigenvalue weighted by molar-refractivity contribution is 5.90. The van der Waals surface area contributed by atoms with Crippen molar-refractivity contribution >= 4 is 5.82 Å². The Kier molecular flexibility index (Phi) is 5.01. The summed E-state index contributed by atoms with van der Waals surface area (Å²) in [7, 11) is 3.08. The van der Waals surface area contributed by atoms with Crippen LogP contribution in [-0.2, 0) is 0 Å². The quantitative estimate of drug-likeness (QED) is 0.725. The largest absolute Gasteiger partial charge is 0.493 e. The SMILES string of the molecule is COc1ccc(-c2ccccc2-c2c(C#N)c(N)[nH]c(=O)c2C#N)cc1OC. The Morgan fingerprint density at radius 1 is 0.929 bits per heavy atom. The van der Waals surface area contributed by atoms with Gasteiger partial charge in [0.05, 0.1) is 14.2 Å². The van der Waals surface area contributed by atoms with Gasteiger partial charge in [-0.15, -0.1) is 0 Å². The fraction of sp³-hybridized carbons (Fsp3) is 0.0952. The van der Waals surface area contributed by atoms with Gasteiger partial charge in [-0.2, -0.15) is 10.5 Å². The Balaban J connectivity index is 2.37. The molecule has 0 aliphatic rings. The molecule has 1 heterocycles. The highest BCUT2D eigenvalue weighted by Gasteiger charge is 2.21. The minimum atomic E-state index is -0.642. The number of hydrogen-bond donors (Lipinski definition) is 2. The molecule has 0 unspecified atom stereocenters. The normalized spacial score (nSPS) is 10.0. The zero-order valence-corrected chi connectivity index (χ0v) is 15.2. The molecule has 2 aromatic carbocycles. The average molecular weight is 372 g/mol. The summed E-state index contributed by atoms with van der Waals surface area (Å²) in [5.41, 5.74) is 7.30. The number of nitriles is 2. The van der Waals surface area contributed by atoms with Crippen LogP contribution >= 0.6 is 0 Å². The van der Waals surface area contributed by atoms with Crippen LogP contribution in [0.1, 0.15) is 11.1 Å². The number of aromatic amines is 1. The fourth-order valence-corrected chi connectivity index (χ4v) is 3.07. The lowest BCUT2D eigenvalue weighted by Crippen LogP contribution is -2.16. The molecule has 0 spiro atoms.